The van der Waals surface area contributed by atoms with Crippen molar-refractivity contribution in [3.63, 3.8) is 0 Å². The first-order valence-corrected chi connectivity index (χ1v) is 23.6. The van der Waals surface area contributed by atoms with Crippen LogP contribution in [0.2, 0.25) is 5.02 Å². The van der Waals surface area contributed by atoms with E-state index in [1.807, 2.05) is 19.1 Å². The van der Waals surface area contributed by atoms with Gasteiger partial charge in [0.2, 0.25) is 0 Å². The first-order valence-electron chi connectivity index (χ1n) is 23.2. The Morgan fingerprint density at radius 3 is 2.27 bits per heavy atom. The molecule has 16 nitrogen and oxygen atoms in total. The predicted molar refractivity (Wildman–Crippen MR) is 233 cm³/mol. The molecule has 360 valence electrons. The molecule has 4 heterocycles. The minimum Gasteiger partial charge on any atom is -0.507 e. The Balaban J connectivity index is 0.934. The maximum absolute atomic E-state index is 14.7. The first kappa shape index (κ1) is 48.2. The molecule has 8 rings (SSSR count). The topological polar surface area (TPSA) is 234 Å². The number of halogens is 1. The number of aliphatic hydroxyl groups is 3. The maximum atomic E-state index is 14.7. The third-order valence-electron chi connectivity index (χ3n) is 15.2. The number of aliphatic carboxylic acids is 1. The van der Waals surface area contributed by atoms with Crippen LogP contribution in [0.3, 0.4) is 0 Å². The van der Waals surface area contributed by atoms with Crippen LogP contribution in [0.25, 0.3) is 0 Å². The molecule has 1 aromatic carbocycles. The number of hydrogen-bond acceptors (Lipinski definition) is 15. The van der Waals surface area contributed by atoms with Gasteiger partial charge in [-0.25, -0.2) is 14.4 Å². The number of aromatic hydroxyl groups is 1. The number of rotatable bonds is 7. The Bertz CT molecular complexity index is 2180. The lowest BCUT2D eigenvalue weighted by molar-refractivity contribution is -0.318. The maximum Gasteiger partial charge on any atom is 0.379 e. The fraction of sp³-hybridized carbons (Fsp3) is 0.633. The van der Waals surface area contributed by atoms with Crippen LogP contribution in [0.5, 0.6) is 5.75 Å². The van der Waals surface area contributed by atoms with E-state index in [4.69, 9.17) is 44.8 Å². The summed E-state index contributed by atoms with van der Waals surface area (Å²) in [5, 5.41) is 54.8. The van der Waals surface area contributed by atoms with E-state index in [2.05, 4.69) is 6.08 Å². The number of phenolic OH excluding ortho intramolecular Hbond substituents is 1. The van der Waals surface area contributed by atoms with Crippen LogP contribution in [0.15, 0.2) is 59.6 Å². The number of carboxylic acid groups (broad SMARTS) is 1. The summed E-state index contributed by atoms with van der Waals surface area (Å²) in [7, 11) is 0. The van der Waals surface area contributed by atoms with Gasteiger partial charge in [-0.3, -0.25) is 4.79 Å². The number of carbonyl (C=O) groups is 4. The summed E-state index contributed by atoms with van der Waals surface area (Å²) in [6.07, 6.45) is 6.30. The third kappa shape index (κ3) is 8.83. The predicted octanol–water partition coefficient (Wildman–Crippen LogP) is 6.66. The smallest absolute Gasteiger partial charge is 0.379 e. The van der Waals surface area contributed by atoms with Gasteiger partial charge in [0.05, 0.1) is 35.9 Å². The lowest BCUT2D eigenvalue weighted by Crippen LogP contribution is -2.56. The van der Waals surface area contributed by atoms with Gasteiger partial charge >= 0.3 is 23.9 Å². The number of aliphatic hydroxyl groups excluding tert-OH is 3. The monoisotopic (exact) mass is 940 g/mol. The fourth-order valence-corrected chi connectivity index (χ4v) is 11.7. The van der Waals surface area contributed by atoms with E-state index < -0.39 is 114 Å². The Morgan fingerprint density at radius 1 is 0.879 bits per heavy atom. The second-order valence-electron chi connectivity index (χ2n) is 19.4. The number of benzene rings is 1. The molecular weight excluding hydrogens is 880 g/mol. The second-order valence-corrected chi connectivity index (χ2v) is 19.8. The summed E-state index contributed by atoms with van der Waals surface area (Å²) in [6.45, 7) is 8.49. The van der Waals surface area contributed by atoms with E-state index in [-0.39, 0.29) is 58.9 Å². The molecule has 1 spiro atoms. The van der Waals surface area contributed by atoms with Crippen LogP contribution < -0.4 is 0 Å². The van der Waals surface area contributed by atoms with Gasteiger partial charge < -0.3 is 58.7 Å². The van der Waals surface area contributed by atoms with Crippen molar-refractivity contribution in [2.24, 2.45) is 35.0 Å². The highest BCUT2D eigenvalue weighted by atomic mass is 35.5. The van der Waals surface area contributed by atoms with Crippen LogP contribution in [0, 0.1) is 41.9 Å². The number of carbonyl (C=O) groups excluding carboxylic acids is 3. The van der Waals surface area contributed by atoms with Crippen molar-refractivity contribution in [2.45, 2.75) is 160 Å². The molecular formula is C49H61ClO16. The van der Waals surface area contributed by atoms with E-state index in [1.165, 1.54) is 18.2 Å². The number of ether oxygens (including phenoxy) is 7. The molecule has 0 amide bonds. The van der Waals surface area contributed by atoms with Crippen molar-refractivity contribution < 1.29 is 77.9 Å². The molecule has 2 saturated heterocycles. The molecule has 0 radical (unpaired) electrons. The molecule has 5 N–H and O–H groups in total. The van der Waals surface area contributed by atoms with Crippen molar-refractivity contribution in [3.05, 3.63) is 75.8 Å². The van der Waals surface area contributed by atoms with Crippen LogP contribution in [0.4, 0.5) is 0 Å². The summed E-state index contributed by atoms with van der Waals surface area (Å²) in [6, 6.07) is 2.75. The highest BCUT2D eigenvalue weighted by molar-refractivity contribution is 6.32. The average Bonchev–Trinajstić information content (AvgIpc) is 3.48. The second kappa shape index (κ2) is 19.0. The Kier molecular flexibility index (Phi) is 13.9. The van der Waals surface area contributed by atoms with Gasteiger partial charge in [0.25, 0.3) is 5.76 Å². The van der Waals surface area contributed by atoms with Crippen LogP contribution in [-0.2, 0) is 47.5 Å². The highest BCUT2D eigenvalue weighted by Gasteiger charge is 2.60. The lowest BCUT2D eigenvalue weighted by Gasteiger charge is -2.51. The van der Waals surface area contributed by atoms with Gasteiger partial charge in [-0.05, 0) is 95.2 Å². The highest BCUT2D eigenvalue weighted by Crippen LogP contribution is 2.55. The number of phenols is 1. The van der Waals surface area contributed by atoms with Crippen molar-refractivity contribution in [2.75, 3.05) is 0 Å². The molecule has 17 heteroatoms. The van der Waals surface area contributed by atoms with Crippen LogP contribution in [0.1, 0.15) is 108 Å². The van der Waals surface area contributed by atoms with Gasteiger partial charge in [-0.15, -0.1) is 0 Å². The molecule has 4 aliphatic heterocycles. The van der Waals surface area contributed by atoms with Crippen LogP contribution in [-0.4, -0.2) is 110 Å². The van der Waals surface area contributed by atoms with Gasteiger partial charge in [0.15, 0.2) is 30.0 Å². The zero-order chi connectivity index (χ0) is 47.4. The van der Waals surface area contributed by atoms with E-state index in [9.17, 15) is 44.7 Å². The minimum absolute atomic E-state index is 0.0103. The van der Waals surface area contributed by atoms with Crippen molar-refractivity contribution in [3.8, 4) is 5.75 Å². The summed E-state index contributed by atoms with van der Waals surface area (Å²) in [5.74, 6) is -7.18. The standard InChI is InChI=1S/C49H61ClO16/c1-23-22-49-28(19-30(23)44(55)56)12-9-7-6-8-11-27-15-16-29-31(48(27,5)47(59)65-42(43(49)54)46(58)66-49)13-10-14-36(29)62-37-20-34(52)40(25(3)60-37)63-38-21-35(53)41(26(4)61-38)64-45(57)39-24(2)32(50)17-18-33(39)51/h9,12,15-19,23,25-29,31,34-38,40-41,51-54H,6-8,10-11,13-14,20-22H2,1-5H3,(H,55,56)/t23-,25-,26-,27-,28-,29+,31-,34-,35-,36+,37-,38-,40-,41-,48-,49?/m1/s1. The molecule has 66 heavy (non-hydrogen) atoms. The van der Waals surface area contributed by atoms with Gasteiger partial charge in [0, 0.05) is 41.7 Å². The zero-order valence-corrected chi connectivity index (χ0v) is 38.6. The summed E-state index contributed by atoms with van der Waals surface area (Å²) < 4.78 is 42.7. The molecule has 7 aliphatic rings. The van der Waals surface area contributed by atoms with Gasteiger partial charge in [0.1, 0.15) is 17.4 Å². The van der Waals surface area contributed by atoms with E-state index >= 15 is 0 Å². The summed E-state index contributed by atoms with van der Waals surface area (Å²) in [5.41, 5.74) is -2.39. The van der Waals surface area contributed by atoms with Crippen molar-refractivity contribution in [1.29, 1.82) is 0 Å². The normalized spacial score (nSPS) is 40.5. The minimum atomic E-state index is -1.62. The molecule has 16 atom stereocenters. The quantitative estimate of drug-likeness (QED) is 0.109. The number of carboxylic acids is 1. The number of esters is 3. The summed E-state index contributed by atoms with van der Waals surface area (Å²) >= 11 is 6.16. The third-order valence-corrected chi connectivity index (χ3v) is 15.6. The molecule has 3 fully saturated rings. The van der Waals surface area contributed by atoms with E-state index in [0.29, 0.717) is 37.7 Å². The largest absolute Gasteiger partial charge is 0.507 e. The number of allylic oxidation sites excluding steroid dienone is 2. The molecule has 1 saturated carbocycles. The molecule has 1 aromatic rings. The number of fused-ring (bicyclic) bond motifs is 3. The lowest BCUT2D eigenvalue weighted by atomic mass is 9.55. The van der Waals surface area contributed by atoms with Crippen molar-refractivity contribution >= 4 is 35.5 Å². The van der Waals surface area contributed by atoms with Crippen LogP contribution >= 0.6 is 11.6 Å². The van der Waals surface area contributed by atoms with Gasteiger partial charge in [-0.1, -0.05) is 61.7 Å². The van der Waals surface area contributed by atoms with Crippen molar-refractivity contribution in [1.82, 2.24) is 0 Å². The zero-order valence-electron chi connectivity index (χ0n) is 37.8. The Labute approximate surface area is 388 Å². The average molecular weight is 941 g/mol. The fourth-order valence-electron chi connectivity index (χ4n) is 11.6. The Morgan fingerprint density at radius 2 is 1.58 bits per heavy atom. The molecule has 1 unspecified atom stereocenters. The first-order chi connectivity index (χ1) is 31.3. The van der Waals surface area contributed by atoms with Gasteiger partial charge in [-0.2, -0.15) is 0 Å². The molecule has 0 aromatic heterocycles. The SMILES string of the molecule is Cc1c(Cl)ccc(O)c1C(=O)O[C@H]1[C@H](O)C[C@@H](O[C@H]2[C@H](O)C[C@@H](O[C@H]3CCC[C@@H]4[C@@H]3C=C[C@H]3CCCCC=C[C@@H]5C=C(C(=O)O)[C@H](C)CC56OC(=O)C(=C6O)OC(=O)[C@@]43C)O[C@@H]2C)O[C@@H]1C. The number of hydrogen-bond donors (Lipinski definition) is 5. The molecule has 3 aliphatic carbocycles. The Hall–Kier alpha value is -4.29. The van der Waals surface area contributed by atoms with E-state index in [0.717, 1.165) is 12.8 Å². The summed E-state index contributed by atoms with van der Waals surface area (Å²) in [4.78, 5) is 53.5. The molecule has 2 bridgehead atoms. The van der Waals surface area contributed by atoms with E-state index in [1.54, 1.807) is 33.8 Å².